The molecule has 1 aromatic carbocycles. The second-order valence-corrected chi connectivity index (χ2v) is 4.28. The SMILES string of the molecule is NCCSCCOc1ccccc1C(=O)O. The number of aromatic carboxylic acids is 1. The van der Waals surface area contributed by atoms with Gasteiger partial charge in [0.15, 0.2) is 0 Å². The summed E-state index contributed by atoms with van der Waals surface area (Å²) in [5.41, 5.74) is 5.55. The highest BCUT2D eigenvalue weighted by molar-refractivity contribution is 7.99. The minimum absolute atomic E-state index is 0.200. The van der Waals surface area contributed by atoms with Crippen molar-refractivity contribution in [3.8, 4) is 5.75 Å². The second kappa shape index (κ2) is 7.14. The molecule has 4 nitrogen and oxygen atoms in total. The molecule has 0 atom stereocenters. The Morgan fingerprint density at radius 1 is 1.38 bits per heavy atom. The lowest BCUT2D eigenvalue weighted by Crippen LogP contribution is -2.08. The Morgan fingerprint density at radius 2 is 2.12 bits per heavy atom. The Kier molecular flexibility index (Phi) is 5.74. The molecule has 0 aromatic heterocycles. The van der Waals surface area contributed by atoms with Crippen molar-refractivity contribution in [2.45, 2.75) is 0 Å². The van der Waals surface area contributed by atoms with E-state index >= 15 is 0 Å². The number of hydrogen-bond donors (Lipinski definition) is 2. The molecule has 0 bridgehead atoms. The van der Waals surface area contributed by atoms with Crippen molar-refractivity contribution in [2.75, 3.05) is 24.7 Å². The number of rotatable bonds is 7. The van der Waals surface area contributed by atoms with E-state index in [9.17, 15) is 4.79 Å². The van der Waals surface area contributed by atoms with Crippen LogP contribution in [0.1, 0.15) is 10.4 Å². The second-order valence-electron chi connectivity index (χ2n) is 3.05. The molecule has 3 N–H and O–H groups in total. The molecule has 16 heavy (non-hydrogen) atoms. The molecular weight excluding hydrogens is 226 g/mol. The van der Waals surface area contributed by atoms with Gasteiger partial charge in [-0.05, 0) is 12.1 Å². The monoisotopic (exact) mass is 241 g/mol. The smallest absolute Gasteiger partial charge is 0.339 e. The Balaban J connectivity index is 2.44. The first-order valence-corrected chi connectivity index (χ1v) is 6.14. The lowest BCUT2D eigenvalue weighted by molar-refractivity contribution is 0.0692. The van der Waals surface area contributed by atoms with E-state index in [-0.39, 0.29) is 5.56 Å². The first-order valence-electron chi connectivity index (χ1n) is 4.98. The summed E-state index contributed by atoms with van der Waals surface area (Å²) < 4.78 is 5.40. The van der Waals surface area contributed by atoms with E-state index < -0.39 is 5.97 Å². The maximum Gasteiger partial charge on any atom is 0.339 e. The van der Waals surface area contributed by atoms with E-state index in [0.29, 0.717) is 18.9 Å². The van der Waals surface area contributed by atoms with Crippen LogP contribution in [0.3, 0.4) is 0 Å². The number of benzene rings is 1. The minimum Gasteiger partial charge on any atom is -0.492 e. The topological polar surface area (TPSA) is 72.5 Å². The molecule has 0 amide bonds. The summed E-state index contributed by atoms with van der Waals surface area (Å²) in [6, 6.07) is 6.63. The third-order valence-corrected chi connectivity index (χ3v) is 2.84. The molecule has 0 radical (unpaired) electrons. The zero-order chi connectivity index (χ0) is 11.8. The fraction of sp³-hybridized carbons (Fsp3) is 0.364. The number of carbonyl (C=O) groups is 1. The van der Waals surface area contributed by atoms with Crippen LogP contribution in [-0.2, 0) is 0 Å². The summed E-state index contributed by atoms with van der Waals surface area (Å²) in [6.45, 7) is 1.14. The summed E-state index contributed by atoms with van der Waals surface area (Å²) >= 11 is 1.69. The molecule has 1 aromatic rings. The number of thioether (sulfide) groups is 1. The van der Waals surface area contributed by atoms with Gasteiger partial charge in [-0.3, -0.25) is 0 Å². The average Bonchev–Trinajstić information content (AvgIpc) is 2.29. The summed E-state index contributed by atoms with van der Waals surface area (Å²) in [4.78, 5) is 10.9. The lowest BCUT2D eigenvalue weighted by Gasteiger charge is -2.08. The molecule has 0 saturated carbocycles. The summed E-state index contributed by atoms with van der Waals surface area (Å²) in [5.74, 6) is 1.16. The van der Waals surface area contributed by atoms with Gasteiger partial charge in [0.2, 0.25) is 0 Å². The van der Waals surface area contributed by atoms with Crippen LogP contribution in [-0.4, -0.2) is 35.7 Å². The minimum atomic E-state index is -0.967. The Hall–Kier alpha value is -1.20. The molecule has 1 rings (SSSR count). The molecule has 0 aliphatic carbocycles. The van der Waals surface area contributed by atoms with Crippen molar-refractivity contribution in [1.82, 2.24) is 0 Å². The highest BCUT2D eigenvalue weighted by atomic mass is 32.2. The van der Waals surface area contributed by atoms with Crippen molar-refractivity contribution in [2.24, 2.45) is 5.73 Å². The summed E-state index contributed by atoms with van der Waals surface area (Å²) in [7, 11) is 0. The summed E-state index contributed by atoms with van der Waals surface area (Å²) in [5, 5.41) is 8.90. The lowest BCUT2D eigenvalue weighted by atomic mass is 10.2. The molecular formula is C11H15NO3S. The van der Waals surface area contributed by atoms with Crippen molar-refractivity contribution < 1.29 is 14.6 Å². The van der Waals surface area contributed by atoms with Crippen LogP contribution in [0.2, 0.25) is 0 Å². The normalized spacial score (nSPS) is 10.1. The Morgan fingerprint density at radius 3 is 2.81 bits per heavy atom. The van der Waals surface area contributed by atoms with Gasteiger partial charge in [0.1, 0.15) is 11.3 Å². The molecule has 0 aliphatic rings. The molecule has 88 valence electrons. The predicted molar refractivity (Wildman–Crippen MR) is 65.3 cm³/mol. The molecule has 0 fully saturated rings. The largest absolute Gasteiger partial charge is 0.492 e. The predicted octanol–water partition coefficient (Wildman–Crippen LogP) is 1.46. The molecule has 0 aliphatic heterocycles. The summed E-state index contributed by atoms with van der Waals surface area (Å²) in [6.07, 6.45) is 0. The standard InChI is InChI=1S/C11H15NO3S/c12-5-7-16-8-6-15-10-4-2-1-3-9(10)11(13)14/h1-4H,5-8,12H2,(H,13,14). The van der Waals surface area contributed by atoms with E-state index in [2.05, 4.69) is 0 Å². The van der Waals surface area contributed by atoms with Gasteiger partial charge in [-0.15, -0.1) is 0 Å². The van der Waals surface area contributed by atoms with Gasteiger partial charge in [0.25, 0.3) is 0 Å². The van der Waals surface area contributed by atoms with Gasteiger partial charge >= 0.3 is 5.97 Å². The van der Waals surface area contributed by atoms with Crippen molar-refractivity contribution in [3.05, 3.63) is 29.8 Å². The van der Waals surface area contributed by atoms with Gasteiger partial charge in [-0.2, -0.15) is 11.8 Å². The van der Waals surface area contributed by atoms with E-state index in [1.807, 2.05) is 0 Å². The van der Waals surface area contributed by atoms with E-state index in [1.54, 1.807) is 30.0 Å². The first-order chi connectivity index (χ1) is 7.75. The van der Waals surface area contributed by atoms with Gasteiger partial charge in [-0.1, -0.05) is 12.1 Å². The highest BCUT2D eigenvalue weighted by Gasteiger charge is 2.09. The van der Waals surface area contributed by atoms with Crippen LogP contribution in [0.5, 0.6) is 5.75 Å². The van der Waals surface area contributed by atoms with Crippen LogP contribution in [0.15, 0.2) is 24.3 Å². The number of carboxylic acids is 1. The number of ether oxygens (including phenoxy) is 1. The third-order valence-electron chi connectivity index (χ3n) is 1.86. The maximum absolute atomic E-state index is 10.9. The first kappa shape index (κ1) is 12.9. The van der Waals surface area contributed by atoms with Crippen molar-refractivity contribution >= 4 is 17.7 Å². The Bertz CT molecular complexity index is 344. The van der Waals surface area contributed by atoms with Gasteiger partial charge in [0.05, 0.1) is 6.61 Å². The number of hydrogen-bond acceptors (Lipinski definition) is 4. The average molecular weight is 241 g/mol. The fourth-order valence-corrected chi connectivity index (χ4v) is 1.74. The molecule has 0 heterocycles. The van der Waals surface area contributed by atoms with Gasteiger partial charge in [-0.25, -0.2) is 4.79 Å². The number of carboxylic acid groups (broad SMARTS) is 1. The van der Waals surface area contributed by atoms with Crippen molar-refractivity contribution in [1.29, 1.82) is 0 Å². The fourth-order valence-electron chi connectivity index (χ4n) is 1.17. The number of nitrogens with two attached hydrogens (primary N) is 1. The van der Waals surface area contributed by atoms with Crippen LogP contribution in [0.4, 0.5) is 0 Å². The maximum atomic E-state index is 10.9. The number of para-hydroxylation sites is 1. The zero-order valence-electron chi connectivity index (χ0n) is 8.89. The molecule has 0 spiro atoms. The van der Waals surface area contributed by atoms with Crippen LogP contribution in [0, 0.1) is 0 Å². The highest BCUT2D eigenvalue weighted by Crippen LogP contribution is 2.17. The zero-order valence-corrected chi connectivity index (χ0v) is 9.70. The van der Waals surface area contributed by atoms with Gasteiger partial charge < -0.3 is 15.6 Å². The quantitative estimate of drug-likeness (QED) is 0.707. The molecule has 0 saturated heterocycles. The van der Waals surface area contributed by atoms with Gasteiger partial charge in [0, 0.05) is 18.1 Å². The van der Waals surface area contributed by atoms with E-state index in [1.165, 1.54) is 6.07 Å². The van der Waals surface area contributed by atoms with Crippen LogP contribution < -0.4 is 10.5 Å². The van der Waals surface area contributed by atoms with Crippen LogP contribution in [0.25, 0.3) is 0 Å². The third kappa shape index (κ3) is 4.12. The molecule has 5 heteroatoms. The van der Waals surface area contributed by atoms with Crippen molar-refractivity contribution in [3.63, 3.8) is 0 Å². The Labute approximate surface area is 98.8 Å². The molecule has 0 unspecified atom stereocenters. The van der Waals surface area contributed by atoms with E-state index in [0.717, 1.165) is 11.5 Å². The van der Waals surface area contributed by atoms with Crippen LogP contribution >= 0.6 is 11.8 Å². The van der Waals surface area contributed by atoms with E-state index in [4.69, 9.17) is 15.6 Å².